The van der Waals surface area contributed by atoms with Crippen molar-refractivity contribution in [2.24, 2.45) is 0 Å². The normalized spacial score (nSPS) is 13.2. The van der Waals surface area contributed by atoms with Crippen LogP contribution in [0.4, 0.5) is 5.69 Å². The van der Waals surface area contributed by atoms with Crippen LogP contribution in [0, 0.1) is 6.92 Å². The van der Waals surface area contributed by atoms with Crippen LogP contribution >= 0.6 is 0 Å². The fraction of sp³-hybridized carbons (Fsp3) is 0.190. The zero-order valence-electron chi connectivity index (χ0n) is 14.7. The molecule has 1 heterocycles. The number of benzene rings is 2. The molecule has 1 aliphatic heterocycles. The topological polar surface area (TPSA) is 63.7 Å². The van der Waals surface area contributed by atoms with Crippen molar-refractivity contribution in [1.82, 2.24) is 0 Å². The molecule has 1 aliphatic rings. The quantitative estimate of drug-likeness (QED) is 0.473. The monoisotopic (exact) mass is 349 g/mol. The molecule has 0 unspecified atom stereocenters. The third-order valence-corrected chi connectivity index (χ3v) is 4.41. The lowest BCUT2D eigenvalue weighted by molar-refractivity contribution is -0.136. The van der Waals surface area contributed by atoms with Gasteiger partial charge in [-0.25, -0.2) is 4.79 Å². The van der Waals surface area contributed by atoms with Gasteiger partial charge in [-0.2, -0.15) is 0 Å². The van der Waals surface area contributed by atoms with Gasteiger partial charge in [0.05, 0.1) is 6.42 Å². The van der Waals surface area contributed by atoms with Crippen LogP contribution in [0.3, 0.4) is 0 Å². The van der Waals surface area contributed by atoms with Gasteiger partial charge in [0.1, 0.15) is 0 Å². The van der Waals surface area contributed by atoms with E-state index in [1.807, 2.05) is 31.2 Å². The van der Waals surface area contributed by atoms with Crippen molar-refractivity contribution in [1.29, 1.82) is 0 Å². The third kappa shape index (κ3) is 3.72. The van der Waals surface area contributed by atoms with E-state index < -0.39 is 5.97 Å². The van der Waals surface area contributed by atoms with E-state index >= 15 is 0 Å². The number of carbonyl (C=O) groups is 3. The second-order valence-electron chi connectivity index (χ2n) is 6.19. The average Bonchev–Trinajstić information content (AvgIpc) is 2.92. The van der Waals surface area contributed by atoms with E-state index in [0.717, 1.165) is 22.4 Å². The summed E-state index contributed by atoms with van der Waals surface area (Å²) in [5, 5.41) is 0. The van der Waals surface area contributed by atoms with E-state index in [-0.39, 0.29) is 24.7 Å². The van der Waals surface area contributed by atoms with Crippen LogP contribution in [-0.2, 0) is 20.7 Å². The summed E-state index contributed by atoms with van der Waals surface area (Å²) in [7, 11) is 1.71. The predicted molar refractivity (Wildman–Crippen MR) is 99.1 cm³/mol. The molecule has 0 radical (unpaired) electrons. The van der Waals surface area contributed by atoms with Crippen LogP contribution in [0.5, 0.6) is 0 Å². The molecule has 5 heteroatoms. The summed E-state index contributed by atoms with van der Waals surface area (Å²) >= 11 is 0. The highest BCUT2D eigenvalue weighted by molar-refractivity contribution is 6.04. The fourth-order valence-corrected chi connectivity index (χ4v) is 2.84. The van der Waals surface area contributed by atoms with Gasteiger partial charge >= 0.3 is 5.97 Å². The number of nitrogens with zero attached hydrogens (tertiary/aromatic N) is 1. The molecule has 2 aromatic rings. The molecule has 5 nitrogen and oxygen atoms in total. The zero-order valence-corrected chi connectivity index (χ0v) is 14.7. The molecular formula is C21H19NO4. The van der Waals surface area contributed by atoms with Crippen molar-refractivity contribution in [3.05, 3.63) is 70.8 Å². The predicted octanol–water partition coefficient (Wildman–Crippen LogP) is 2.95. The van der Waals surface area contributed by atoms with E-state index in [0.29, 0.717) is 5.56 Å². The smallest absolute Gasteiger partial charge is 0.331 e. The van der Waals surface area contributed by atoms with Crippen molar-refractivity contribution in [3.63, 3.8) is 0 Å². The Morgan fingerprint density at radius 3 is 2.73 bits per heavy atom. The minimum Gasteiger partial charge on any atom is -0.454 e. The minimum absolute atomic E-state index is 0.00244. The molecule has 0 aliphatic carbocycles. The second kappa shape index (κ2) is 7.35. The van der Waals surface area contributed by atoms with Crippen LogP contribution in [0.1, 0.15) is 27.0 Å². The standard InChI is InChI=1S/C21H19NO4/c1-14-5-3-4-6-15(14)8-10-21(25)26-13-19(23)16-7-9-18-17(11-16)12-20(24)22(18)2/h3-11H,12-13H2,1-2H3/b10-8+. The maximum absolute atomic E-state index is 12.2. The number of fused-ring (bicyclic) bond motifs is 1. The molecular weight excluding hydrogens is 330 g/mol. The molecule has 0 atom stereocenters. The Bertz CT molecular complexity index is 914. The summed E-state index contributed by atoms with van der Waals surface area (Å²) in [6.07, 6.45) is 3.26. The Kier molecular flexibility index (Phi) is 4.98. The van der Waals surface area contributed by atoms with Crippen LogP contribution < -0.4 is 4.90 Å². The molecule has 26 heavy (non-hydrogen) atoms. The molecule has 0 bridgehead atoms. The van der Waals surface area contributed by atoms with Crippen molar-refractivity contribution in [3.8, 4) is 0 Å². The molecule has 0 fully saturated rings. The lowest BCUT2D eigenvalue weighted by atomic mass is 10.1. The van der Waals surface area contributed by atoms with Crippen LogP contribution in [-0.4, -0.2) is 31.3 Å². The summed E-state index contributed by atoms with van der Waals surface area (Å²) in [5.41, 5.74) is 4.02. The number of esters is 1. The van der Waals surface area contributed by atoms with Crippen molar-refractivity contribution in [2.45, 2.75) is 13.3 Å². The van der Waals surface area contributed by atoms with Gasteiger partial charge < -0.3 is 9.64 Å². The number of amides is 1. The highest BCUT2D eigenvalue weighted by Crippen LogP contribution is 2.28. The summed E-state index contributed by atoms with van der Waals surface area (Å²) < 4.78 is 5.03. The molecule has 132 valence electrons. The van der Waals surface area contributed by atoms with E-state index in [1.165, 1.54) is 6.08 Å². The fourth-order valence-electron chi connectivity index (χ4n) is 2.84. The highest BCUT2D eigenvalue weighted by Gasteiger charge is 2.24. The Morgan fingerprint density at radius 2 is 1.96 bits per heavy atom. The first-order chi connectivity index (χ1) is 12.5. The Balaban J connectivity index is 1.59. The largest absolute Gasteiger partial charge is 0.454 e. The maximum Gasteiger partial charge on any atom is 0.331 e. The molecule has 0 N–H and O–H groups in total. The number of hydrogen-bond acceptors (Lipinski definition) is 4. The maximum atomic E-state index is 12.2. The number of hydrogen-bond donors (Lipinski definition) is 0. The Hall–Kier alpha value is -3.21. The van der Waals surface area contributed by atoms with E-state index in [2.05, 4.69) is 0 Å². The van der Waals surface area contributed by atoms with Gasteiger partial charge in [0.2, 0.25) is 5.91 Å². The first-order valence-electron chi connectivity index (χ1n) is 8.29. The van der Waals surface area contributed by atoms with Crippen molar-refractivity contribution >= 4 is 29.4 Å². The zero-order chi connectivity index (χ0) is 18.7. The van der Waals surface area contributed by atoms with Crippen molar-refractivity contribution in [2.75, 3.05) is 18.6 Å². The third-order valence-electron chi connectivity index (χ3n) is 4.41. The average molecular weight is 349 g/mol. The molecule has 0 saturated heterocycles. The number of ketones is 1. The molecule has 0 aromatic heterocycles. The van der Waals surface area contributed by atoms with E-state index in [1.54, 1.807) is 36.2 Å². The lowest BCUT2D eigenvalue weighted by Gasteiger charge is -2.10. The van der Waals surface area contributed by atoms with E-state index in [9.17, 15) is 14.4 Å². The molecule has 0 saturated carbocycles. The number of Topliss-reactive ketones (excluding diaryl/α,β-unsaturated/α-hetero) is 1. The van der Waals surface area contributed by atoms with Crippen LogP contribution in [0.15, 0.2) is 48.5 Å². The highest BCUT2D eigenvalue weighted by atomic mass is 16.5. The van der Waals surface area contributed by atoms with E-state index in [4.69, 9.17) is 4.74 Å². The van der Waals surface area contributed by atoms with Crippen LogP contribution in [0.2, 0.25) is 0 Å². The van der Waals surface area contributed by atoms with Gasteiger partial charge in [-0.05, 0) is 47.9 Å². The first-order valence-corrected chi connectivity index (χ1v) is 8.29. The SMILES string of the molecule is Cc1ccccc1/C=C/C(=O)OCC(=O)c1ccc2c(c1)CC(=O)N2C. The van der Waals surface area contributed by atoms with Gasteiger partial charge in [0.25, 0.3) is 0 Å². The van der Waals surface area contributed by atoms with Gasteiger partial charge in [-0.3, -0.25) is 9.59 Å². The number of rotatable bonds is 5. The van der Waals surface area contributed by atoms with Gasteiger partial charge in [-0.15, -0.1) is 0 Å². The van der Waals surface area contributed by atoms with Gasteiger partial charge in [-0.1, -0.05) is 24.3 Å². The molecule has 3 rings (SSSR count). The number of carbonyl (C=O) groups excluding carboxylic acids is 3. The number of ether oxygens (including phenoxy) is 1. The van der Waals surface area contributed by atoms with Crippen LogP contribution in [0.25, 0.3) is 6.08 Å². The minimum atomic E-state index is -0.572. The summed E-state index contributed by atoms with van der Waals surface area (Å²) in [6.45, 7) is 1.62. The summed E-state index contributed by atoms with van der Waals surface area (Å²) in [5.74, 6) is -0.873. The van der Waals surface area contributed by atoms with Crippen molar-refractivity contribution < 1.29 is 19.1 Å². The summed E-state index contributed by atoms with van der Waals surface area (Å²) in [4.78, 5) is 37.3. The molecule has 1 amide bonds. The molecule has 2 aromatic carbocycles. The summed E-state index contributed by atoms with van der Waals surface area (Å²) in [6, 6.07) is 12.7. The Morgan fingerprint density at radius 1 is 1.19 bits per heavy atom. The first kappa shape index (κ1) is 17.6. The number of anilines is 1. The lowest BCUT2D eigenvalue weighted by Crippen LogP contribution is -2.20. The number of aryl methyl sites for hydroxylation is 1. The van der Waals surface area contributed by atoms with Gasteiger partial charge in [0, 0.05) is 24.4 Å². The molecule has 0 spiro atoms. The Labute approximate surface area is 151 Å². The number of likely N-dealkylation sites (N-methyl/N-ethyl adjacent to an activating group) is 1. The second-order valence-corrected chi connectivity index (χ2v) is 6.19. The van der Waals surface area contributed by atoms with Gasteiger partial charge in [0.15, 0.2) is 12.4 Å².